The summed E-state index contributed by atoms with van der Waals surface area (Å²) in [4.78, 5) is 39.4. The number of primary amides is 1. The third-order valence-electron chi connectivity index (χ3n) is 8.01. The topological polar surface area (TPSA) is 126 Å². The number of amides is 3. The Morgan fingerprint density at radius 2 is 1.77 bits per heavy atom. The van der Waals surface area contributed by atoms with Gasteiger partial charge < -0.3 is 15.8 Å². The van der Waals surface area contributed by atoms with Crippen molar-refractivity contribution in [3.05, 3.63) is 59.4 Å². The highest BCUT2D eigenvalue weighted by Crippen LogP contribution is 2.50. The summed E-state index contributed by atoms with van der Waals surface area (Å²) in [6, 6.07) is 11.4. The van der Waals surface area contributed by atoms with E-state index in [1.54, 1.807) is 62.1 Å². The molecule has 0 aromatic heterocycles. The van der Waals surface area contributed by atoms with E-state index in [0.29, 0.717) is 23.1 Å². The van der Waals surface area contributed by atoms with Crippen LogP contribution in [0.5, 0.6) is 0 Å². The molecule has 0 unspecified atom stereocenters. The van der Waals surface area contributed by atoms with Gasteiger partial charge in [-0.2, -0.15) is 5.26 Å². The van der Waals surface area contributed by atoms with Crippen LogP contribution < -0.4 is 11.1 Å². The lowest BCUT2D eigenvalue weighted by atomic mass is 9.83. The number of nitriles is 1. The quantitative estimate of drug-likeness (QED) is 0.567. The van der Waals surface area contributed by atoms with E-state index in [4.69, 9.17) is 10.5 Å². The third-order valence-corrected chi connectivity index (χ3v) is 8.01. The van der Waals surface area contributed by atoms with Crippen molar-refractivity contribution in [2.45, 2.75) is 71.2 Å². The fourth-order valence-electron chi connectivity index (χ4n) is 5.85. The molecular weight excluding hydrogens is 499 g/mol. The normalized spacial score (nSPS) is 24.6. The number of carbonyl (C=O) groups excluding carboxylic acids is 3. The number of likely N-dealkylation sites (tertiary alicyclic amines) is 1. The van der Waals surface area contributed by atoms with E-state index in [0.717, 1.165) is 0 Å². The van der Waals surface area contributed by atoms with Crippen molar-refractivity contribution in [3.8, 4) is 17.2 Å². The van der Waals surface area contributed by atoms with Crippen LogP contribution in [0.2, 0.25) is 0 Å². The highest BCUT2D eigenvalue weighted by atomic mass is 19.1. The summed E-state index contributed by atoms with van der Waals surface area (Å²) in [5, 5.41) is 12.6. The van der Waals surface area contributed by atoms with E-state index in [2.05, 4.69) is 25.2 Å². The molecule has 9 heteroatoms. The third kappa shape index (κ3) is 5.75. The largest absolute Gasteiger partial charge is 0.444 e. The Bertz CT molecular complexity index is 1310. The molecule has 206 valence electrons. The number of nitrogens with two attached hydrogens (primary N) is 1. The van der Waals surface area contributed by atoms with Crippen LogP contribution in [0.1, 0.15) is 57.0 Å². The maximum atomic E-state index is 15.1. The van der Waals surface area contributed by atoms with Gasteiger partial charge in [-0.1, -0.05) is 38.1 Å². The first-order valence-electron chi connectivity index (χ1n) is 13.2. The number of rotatable bonds is 6. The van der Waals surface area contributed by atoms with Crippen molar-refractivity contribution in [3.63, 3.8) is 0 Å². The number of fused-ring (bicyclic) bond motifs is 2. The number of hydrogen-bond acceptors (Lipinski definition) is 5. The monoisotopic (exact) mass is 534 g/mol. The van der Waals surface area contributed by atoms with Gasteiger partial charge in [0.25, 0.3) is 0 Å². The molecule has 2 fully saturated rings. The molecule has 1 heterocycles. The first kappa shape index (κ1) is 28.1. The number of nitrogens with one attached hydrogen (secondary N) is 1. The zero-order valence-corrected chi connectivity index (χ0v) is 22.9. The van der Waals surface area contributed by atoms with E-state index >= 15 is 4.39 Å². The second-order valence-electron chi connectivity index (χ2n) is 11.7. The molecule has 2 aromatic rings. The van der Waals surface area contributed by atoms with Crippen LogP contribution in [0.3, 0.4) is 0 Å². The first-order chi connectivity index (χ1) is 18.3. The first-order valence-corrected chi connectivity index (χ1v) is 13.2. The van der Waals surface area contributed by atoms with Crippen LogP contribution in [0.15, 0.2) is 42.5 Å². The molecule has 2 aliphatic rings. The van der Waals surface area contributed by atoms with Crippen LogP contribution in [0.25, 0.3) is 11.1 Å². The fraction of sp³-hybridized carbons (Fsp3) is 0.467. The Hall–Kier alpha value is -3.93. The lowest BCUT2D eigenvalue weighted by Gasteiger charge is -2.41. The van der Waals surface area contributed by atoms with Gasteiger partial charge in [0, 0.05) is 18.0 Å². The van der Waals surface area contributed by atoms with E-state index < -0.39 is 41.4 Å². The van der Waals surface area contributed by atoms with Gasteiger partial charge in [-0.3, -0.25) is 14.5 Å². The van der Waals surface area contributed by atoms with Gasteiger partial charge in [0.2, 0.25) is 11.8 Å². The second kappa shape index (κ2) is 10.7. The van der Waals surface area contributed by atoms with Crippen molar-refractivity contribution in [2.75, 3.05) is 0 Å². The highest BCUT2D eigenvalue weighted by molar-refractivity contribution is 5.93. The molecule has 6 atom stereocenters. The Balaban J connectivity index is 1.48. The number of hydrogen-bond donors (Lipinski definition) is 2. The van der Waals surface area contributed by atoms with Crippen LogP contribution in [-0.4, -0.2) is 46.5 Å². The molecule has 0 spiro atoms. The zero-order valence-electron chi connectivity index (χ0n) is 22.9. The summed E-state index contributed by atoms with van der Waals surface area (Å²) in [5.74, 6) is -1.08. The van der Waals surface area contributed by atoms with E-state index in [1.807, 2.05) is 0 Å². The number of ether oxygens (including phenoxy) is 1. The predicted octanol–water partition coefficient (Wildman–Crippen LogP) is 4.42. The second-order valence-corrected chi connectivity index (χ2v) is 11.7. The highest BCUT2D eigenvalue weighted by Gasteiger charge is 2.58. The van der Waals surface area contributed by atoms with Crippen molar-refractivity contribution in [1.82, 2.24) is 10.2 Å². The number of piperidine rings is 1. The average Bonchev–Trinajstić information content (AvgIpc) is 3.40. The van der Waals surface area contributed by atoms with Gasteiger partial charge in [-0.25, -0.2) is 9.18 Å². The molecule has 2 bridgehead atoms. The standard InChI is InChI=1S/C30H35FN4O4/c1-16-17(2)25-14-23(16)26(35(25)29(38)39-30(3,4)5)28(37)34-22(15-32)12-21-11-10-20(13-24(21)31)18-6-8-19(9-7-18)27(33)36/h6-11,13,16-17,22-23,25-26H,12,14H2,1-5H3,(H2,33,36)(H,34,37)/t16-,17+,22+,23-,25+,26+/m1/s1. The lowest BCUT2D eigenvalue weighted by Crippen LogP contribution is -2.58. The Labute approximate surface area is 228 Å². The molecule has 3 N–H and O–H groups in total. The van der Waals surface area contributed by atoms with E-state index in [1.165, 1.54) is 6.07 Å². The average molecular weight is 535 g/mol. The van der Waals surface area contributed by atoms with Gasteiger partial charge in [-0.15, -0.1) is 0 Å². The van der Waals surface area contributed by atoms with Gasteiger partial charge in [0.05, 0.1) is 6.07 Å². The maximum Gasteiger partial charge on any atom is 0.411 e. The summed E-state index contributed by atoms with van der Waals surface area (Å²) in [5.41, 5.74) is 6.50. The molecule has 4 rings (SSSR count). The van der Waals surface area contributed by atoms with Crippen LogP contribution >= 0.6 is 0 Å². The van der Waals surface area contributed by atoms with Crippen LogP contribution in [-0.2, 0) is 16.0 Å². The molecule has 39 heavy (non-hydrogen) atoms. The molecule has 1 aliphatic carbocycles. The van der Waals surface area contributed by atoms with E-state index in [9.17, 15) is 19.6 Å². The summed E-state index contributed by atoms with van der Waals surface area (Å²) in [6.45, 7) is 9.51. The van der Waals surface area contributed by atoms with Crippen molar-refractivity contribution in [1.29, 1.82) is 5.26 Å². The molecule has 0 radical (unpaired) electrons. The summed E-state index contributed by atoms with van der Waals surface area (Å²) < 4.78 is 20.7. The summed E-state index contributed by atoms with van der Waals surface area (Å²) >= 11 is 0. The maximum absolute atomic E-state index is 15.1. The molecular formula is C30H35FN4O4. The molecule has 3 amide bonds. The fourth-order valence-corrected chi connectivity index (χ4v) is 5.85. The van der Waals surface area contributed by atoms with Crippen molar-refractivity contribution < 1.29 is 23.5 Å². The predicted molar refractivity (Wildman–Crippen MR) is 144 cm³/mol. The molecule has 1 saturated heterocycles. The molecule has 1 saturated carbocycles. The molecule has 2 aromatic carbocycles. The minimum absolute atomic E-state index is 0.0336. The van der Waals surface area contributed by atoms with Gasteiger partial charge in [-0.05, 0) is 79.8 Å². The number of carbonyl (C=O) groups is 3. The van der Waals surface area contributed by atoms with Crippen LogP contribution in [0.4, 0.5) is 9.18 Å². The summed E-state index contributed by atoms with van der Waals surface area (Å²) in [7, 11) is 0. The lowest BCUT2D eigenvalue weighted by molar-refractivity contribution is -0.130. The summed E-state index contributed by atoms with van der Waals surface area (Å²) in [6.07, 6.45) is 0.134. The minimum atomic E-state index is -0.986. The zero-order chi connectivity index (χ0) is 28.6. The smallest absolute Gasteiger partial charge is 0.411 e. The van der Waals surface area contributed by atoms with Crippen LogP contribution in [0, 0.1) is 34.9 Å². The molecule has 1 aliphatic heterocycles. The van der Waals surface area contributed by atoms with Gasteiger partial charge in [0.1, 0.15) is 23.5 Å². The van der Waals surface area contributed by atoms with E-state index in [-0.39, 0.29) is 35.8 Å². The Morgan fingerprint density at radius 3 is 2.33 bits per heavy atom. The minimum Gasteiger partial charge on any atom is -0.444 e. The SMILES string of the molecule is C[C@@H]1[C@H](C)[C@@H]2C[C@H]1[C@@H](C(=O)N[C@H](C#N)Cc1ccc(-c3ccc(C(N)=O)cc3)cc1F)N2C(=O)OC(C)(C)C. The molecule has 8 nitrogen and oxygen atoms in total. The van der Waals surface area contributed by atoms with Gasteiger partial charge in [0.15, 0.2) is 0 Å². The van der Waals surface area contributed by atoms with Crippen molar-refractivity contribution in [2.24, 2.45) is 23.5 Å². The number of nitrogens with zero attached hydrogens (tertiary/aromatic N) is 2. The number of benzene rings is 2. The van der Waals surface area contributed by atoms with Crippen molar-refractivity contribution >= 4 is 17.9 Å². The Kier molecular flexibility index (Phi) is 7.69. The Morgan fingerprint density at radius 1 is 1.13 bits per heavy atom. The van der Waals surface area contributed by atoms with Gasteiger partial charge >= 0.3 is 6.09 Å². The number of halogens is 1.